The van der Waals surface area contributed by atoms with Gasteiger partial charge in [-0.25, -0.2) is 4.79 Å². The Morgan fingerprint density at radius 3 is 2.48 bits per heavy atom. The van der Waals surface area contributed by atoms with Crippen molar-refractivity contribution < 1.29 is 9.59 Å². The quantitative estimate of drug-likeness (QED) is 0.915. The summed E-state index contributed by atoms with van der Waals surface area (Å²) >= 11 is 1.61. The van der Waals surface area contributed by atoms with Crippen LogP contribution in [0.25, 0.3) is 0 Å². The second-order valence-electron chi connectivity index (χ2n) is 6.12. The molecular weight excluding hydrogens is 334 g/mol. The van der Waals surface area contributed by atoms with Crippen LogP contribution in [0, 0.1) is 0 Å². The predicted octanol–water partition coefficient (Wildman–Crippen LogP) is 2.73. The van der Waals surface area contributed by atoms with Gasteiger partial charge in [-0.3, -0.25) is 4.79 Å². The summed E-state index contributed by atoms with van der Waals surface area (Å²) < 4.78 is 0. The molecule has 1 aliphatic heterocycles. The average molecular weight is 357 g/mol. The Kier molecular flexibility index (Phi) is 6.06. The molecule has 5 nitrogen and oxygen atoms in total. The number of hydrogen-bond acceptors (Lipinski definition) is 3. The van der Waals surface area contributed by atoms with E-state index in [-0.39, 0.29) is 11.9 Å². The minimum absolute atomic E-state index is 0.0589. The number of benzene rings is 1. The number of urea groups is 1. The van der Waals surface area contributed by atoms with Gasteiger partial charge >= 0.3 is 6.03 Å². The lowest BCUT2D eigenvalue weighted by Crippen LogP contribution is -2.42. The third kappa shape index (κ3) is 5.06. The molecule has 3 rings (SSSR count). The Hall–Kier alpha value is -2.34. The van der Waals surface area contributed by atoms with Crippen molar-refractivity contribution in [2.45, 2.75) is 19.4 Å². The SMILES string of the molecule is O=C(Cc1cccs1)N1CCCN(C(=O)NCc2ccccc2)CC1. The first-order valence-corrected chi connectivity index (χ1v) is 9.47. The largest absolute Gasteiger partial charge is 0.341 e. The molecule has 2 heterocycles. The van der Waals surface area contributed by atoms with E-state index in [0.717, 1.165) is 16.9 Å². The van der Waals surface area contributed by atoms with Crippen LogP contribution in [-0.2, 0) is 17.8 Å². The Labute approximate surface area is 152 Å². The van der Waals surface area contributed by atoms with Crippen molar-refractivity contribution in [3.05, 3.63) is 58.3 Å². The minimum atomic E-state index is -0.0589. The van der Waals surface area contributed by atoms with E-state index >= 15 is 0 Å². The molecule has 6 heteroatoms. The van der Waals surface area contributed by atoms with Gasteiger partial charge in [-0.2, -0.15) is 0 Å². The van der Waals surface area contributed by atoms with Gasteiger partial charge in [0.2, 0.25) is 5.91 Å². The zero-order valence-electron chi connectivity index (χ0n) is 14.2. The van der Waals surface area contributed by atoms with Crippen molar-refractivity contribution in [2.24, 2.45) is 0 Å². The van der Waals surface area contributed by atoms with Crippen molar-refractivity contribution in [1.82, 2.24) is 15.1 Å². The molecule has 1 aromatic carbocycles. The highest BCUT2D eigenvalue weighted by Crippen LogP contribution is 2.12. The molecule has 25 heavy (non-hydrogen) atoms. The Bertz CT molecular complexity index is 688. The molecule has 1 aromatic heterocycles. The number of carbonyl (C=O) groups is 2. The zero-order chi connectivity index (χ0) is 17.5. The fourth-order valence-corrected chi connectivity index (χ4v) is 3.63. The van der Waals surface area contributed by atoms with Gasteiger partial charge in [-0.1, -0.05) is 36.4 Å². The lowest BCUT2D eigenvalue weighted by Gasteiger charge is -2.22. The summed E-state index contributed by atoms with van der Waals surface area (Å²) in [5.74, 6) is 0.147. The minimum Gasteiger partial charge on any atom is -0.341 e. The van der Waals surface area contributed by atoms with Gasteiger partial charge in [0, 0.05) is 37.6 Å². The normalized spacial score (nSPS) is 14.9. The molecule has 0 spiro atoms. The van der Waals surface area contributed by atoms with Crippen LogP contribution in [0.5, 0.6) is 0 Å². The van der Waals surface area contributed by atoms with Crippen LogP contribution in [0.2, 0.25) is 0 Å². The van der Waals surface area contributed by atoms with Crippen LogP contribution < -0.4 is 5.32 Å². The van der Waals surface area contributed by atoms with E-state index < -0.39 is 0 Å². The maximum absolute atomic E-state index is 12.4. The van der Waals surface area contributed by atoms with Crippen molar-refractivity contribution in [3.63, 3.8) is 0 Å². The Morgan fingerprint density at radius 1 is 0.960 bits per heavy atom. The van der Waals surface area contributed by atoms with E-state index in [1.807, 2.05) is 52.7 Å². The van der Waals surface area contributed by atoms with Crippen LogP contribution in [0.4, 0.5) is 4.79 Å². The van der Waals surface area contributed by atoms with E-state index in [0.29, 0.717) is 39.1 Å². The molecule has 0 bridgehead atoms. The first kappa shape index (κ1) is 17.5. The third-order valence-electron chi connectivity index (χ3n) is 4.33. The van der Waals surface area contributed by atoms with Crippen molar-refractivity contribution in [1.29, 1.82) is 0 Å². The molecule has 1 N–H and O–H groups in total. The Morgan fingerprint density at radius 2 is 1.72 bits per heavy atom. The topological polar surface area (TPSA) is 52.7 Å². The summed E-state index contributed by atoms with van der Waals surface area (Å²) in [4.78, 5) is 29.6. The standard InChI is InChI=1S/C19H23N3O2S/c23-18(14-17-8-4-13-25-17)21-9-5-10-22(12-11-21)19(24)20-15-16-6-2-1-3-7-16/h1-4,6-8,13H,5,9-12,14-15H2,(H,20,24). The summed E-state index contributed by atoms with van der Waals surface area (Å²) in [5.41, 5.74) is 1.08. The molecule has 0 unspecified atom stereocenters. The van der Waals surface area contributed by atoms with Crippen LogP contribution in [0.3, 0.4) is 0 Å². The fraction of sp³-hybridized carbons (Fsp3) is 0.368. The third-order valence-corrected chi connectivity index (χ3v) is 5.20. The summed E-state index contributed by atoms with van der Waals surface area (Å²) in [6.45, 7) is 3.10. The Balaban J connectivity index is 1.47. The van der Waals surface area contributed by atoms with E-state index in [4.69, 9.17) is 0 Å². The first-order chi connectivity index (χ1) is 12.2. The lowest BCUT2D eigenvalue weighted by molar-refractivity contribution is -0.130. The summed E-state index contributed by atoms with van der Waals surface area (Å²) in [5, 5.41) is 4.95. The number of nitrogens with zero attached hydrogens (tertiary/aromatic N) is 2. The first-order valence-electron chi connectivity index (χ1n) is 8.59. The molecule has 3 amide bonds. The lowest BCUT2D eigenvalue weighted by atomic mass is 10.2. The molecule has 0 aliphatic carbocycles. The molecule has 0 radical (unpaired) electrons. The van der Waals surface area contributed by atoms with Crippen LogP contribution in [-0.4, -0.2) is 47.9 Å². The van der Waals surface area contributed by atoms with Crippen molar-refractivity contribution >= 4 is 23.3 Å². The van der Waals surface area contributed by atoms with Gasteiger partial charge < -0.3 is 15.1 Å². The molecule has 132 valence electrons. The molecule has 1 aliphatic rings. The summed E-state index contributed by atoms with van der Waals surface area (Å²) in [7, 11) is 0. The number of hydrogen-bond donors (Lipinski definition) is 1. The van der Waals surface area contributed by atoms with Crippen LogP contribution in [0.1, 0.15) is 16.9 Å². The van der Waals surface area contributed by atoms with E-state index in [2.05, 4.69) is 5.32 Å². The number of thiophene rings is 1. The molecule has 1 saturated heterocycles. The fourth-order valence-electron chi connectivity index (χ4n) is 2.93. The van der Waals surface area contributed by atoms with Gasteiger partial charge in [-0.05, 0) is 23.4 Å². The van der Waals surface area contributed by atoms with Crippen LogP contribution in [0.15, 0.2) is 47.8 Å². The van der Waals surface area contributed by atoms with E-state index in [9.17, 15) is 9.59 Å². The van der Waals surface area contributed by atoms with E-state index in [1.54, 1.807) is 16.2 Å². The van der Waals surface area contributed by atoms with Gasteiger partial charge in [0.1, 0.15) is 0 Å². The monoisotopic (exact) mass is 357 g/mol. The number of nitrogens with one attached hydrogen (secondary N) is 1. The number of amides is 3. The highest BCUT2D eigenvalue weighted by atomic mass is 32.1. The highest BCUT2D eigenvalue weighted by molar-refractivity contribution is 7.10. The number of rotatable bonds is 4. The van der Waals surface area contributed by atoms with Gasteiger partial charge in [0.25, 0.3) is 0 Å². The summed E-state index contributed by atoms with van der Waals surface area (Å²) in [6.07, 6.45) is 1.27. The smallest absolute Gasteiger partial charge is 0.317 e. The van der Waals surface area contributed by atoms with Crippen LogP contribution >= 0.6 is 11.3 Å². The zero-order valence-corrected chi connectivity index (χ0v) is 15.0. The molecular formula is C19H23N3O2S. The van der Waals surface area contributed by atoms with Crippen molar-refractivity contribution in [3.8, 4) is 0 Å². The van der Waals surface area contributed by atoms with Crippen molar-refractivity contribution in [2.75, 3.05) is 26.2 Å². The predicted molar refractivity (Wildman–Crippen MR) is 99.5 cm³/mol. The molecule has 0 saturated carbocycles. The molecule has 1 fully saturated rings. The maximum Gasteiger partial charge on any atom is 0.317 e. The summed E-state index contributed by atoms with van der Waals surface area (Å²) in [6, 6.07) is 13.8. The average Bonchev–Trinajstić information content (AvgIpc) is 3.01. The van der Waals surface area contributed by atoms with E-state index in [1.165, 1.54) is 0 Å². The van der Waals surface area contributed by atoms with Gasteiger partial charge in [0.15, 0.2) is 0 Å². The van der Waals surface area contributed by atoms with Gasteiger partial charge in [0.05, 0.1) is 6.42 Å². The van der Waals surface area contributed by atoms with Gasteiger partial charge in [-0.15, -0.1) is 11.3 Å². The second kappa shape index (κ2) is 8.67. The maximum atomic E-state index is 12.4. The highest BCUT2D eigenvalue weighted by Gasteiger charge is 2.22. The second-order valence-corrected chi connectivity index (χ2v) is 7.15. The molecule has 2 aromatic rings. The molecule has 0 atom stereocenters. The number of carbonyl (C=O) groups excluding carboxylic acids is 2.